The fraction of sp³-hybridized carbons (Fsp3) is 0.538. The summed E-state index contributed by atoms with van der Waals surface area (Å²) in [6.07, 6.45) is 6.77. The number of hydrogen-bond acceptors (Lipinski definition) is 5. The molecule has 0 saturated carbocycles. The normalized spacial score (nSPS) is 19.6. The van der Waals surface area contributed by atoms with Crippen LogP contribution in [0.25, 0.3) is 11.0 Å². The number of nitrogens with two attached hydrogens (primary N) is 1. The van der Waals surface area contributed by atoms with E-state index >= 15 is 0 Å². The summed E-state index contributed by atoms with van der Waals surface area (Å²) in [5.41, 5.74) is 6.75. The Morgan fingerprint density at radius 1 is 1.45 bits per heavy atom. The first kappa shape index (κ1) is 14.0. The van der Waals surface area contributed by atoms with E-state index in [2.05, 4.69) is 37.1 Å². The molecule has 1 aliphatic heterocycles. The summed E-state index contributed by atoms with van der Waals surface area (Å²) in [5, 5.41) is 0.919. The van der Waals surface area contributed by atoms with Gasteiger partial charge >= 0.3 is 0 Å². The maximum Gasteiger partial charge on any atom is 0.157 e. The number of anilines is 1. The lowest BCUT2D eigenvalue weighted by Gasteiger charge is -2.22. The van der Waals surface area contributed by atoms with Crippen molar-refractivity contribution in [2.24, 2.45) is 0 Å². The molecule has 3 rings (SSSR count). The van der Waals surface area contributed by atoms with E-state index in [1.807, 2.05) is 6.20 Å². The Bertz CT molecular complexity index is 595. The highest BCUT2D eigenvalue weighted by Gasteiger charge is 2.15. The van der Waals surface area contributed by atoms with Crippen LogP contribution < -0.4 is 5.73 Å². The van der Waals surface area contributed by atoms with Gasteiger partial charge in [0.25, 0.3) is 0 Å². The molecular formula is C13H17IN4O2. The summed E-state index contributed by atoms with van der Waals surface area (Å²) in [6, 6.07) is 0. The van der Waals surface area contributed by atoms with Crippen molar-refractivity contribution in [2.75, 3.05) is 18.9 Å². The fourth-order valence-electron chi connectivity index (χ4n) is 2.39. The topological polar surface area (TPSA) is 75.2 Å². The Morgan fingerprint density at radius 3 is 3.15 bits per heavy atom. The predicted octanol–water partition coefficient (Wildman–Crippen LogP) is 2.16. The lowest BCUT2D eigenvalue weighted by atomic mass is 10.2. The molecule has 0 bridgehead atoms. The molecule has 0 amide bonds. The van der Waals surface area contributed by atoms with E-state index in [0.717, 1.165) is 40.6 Å². The second-order valence-corrected chi connectivity index (χ2v) is 5.96. The van der Waals surface area contributed by atoms with Crippen LogP contribution in [0.2, 0.25) is 0 Å². The molecule has 2 N–H and O–H groups in total. The molecule has 1 atom stereocenters. The zero-order valence-corrected chi connectivity index (χ0v) is 13.2. The van der Waals surface area contributed by atoms with Crippen molar-refractivity contribution in [3.63, 3.8) is 0 Å². The van der Waals surface area contributed by atoms with E-state index in [1.54, 1.807) is 0 Å². The average molecular weight is 388 g/mol. The minimum atomic E-state index is -0.0515. The molecule has 0 aromatic carbocycles. The predicted molar refractivity (Wildman–Crippen MR) is 84.2 cm³/mol. The maximum atomic E-state index is 5.90. The van der Waals surface area contributed by atoms with E-state index < -0.39 is 0 Å². The van der Waals surface area contributed by atoms with Crippen LogP contribution in [0.15, 0.2) is 12.5 Å². The number of fused-ring (bicyclic) bond motifs is 1. The summed E-state index contributed by atoms with van der Waals surface area (Å²) in [7, 11) is 0. The van der Waals surface area contributed by atoms with Gasteiger partial charge in [-0.25, -0.2) is 9.97 Å². The second kappa shape index (κ2) is 6.23. The molecule has 1 fully saturated rings. The second-order valence-electron chi connectivity index (χ2n) is 4.79. The van der Waals surface area contributed by atoms with Gasteiger partial charge in [0.05, 0.1) is 12.0 Å². The van der Waals surface area contributed by atoms with Crippen molar-refractivity contribution in [1.82, 2.24) is 14.5 Å². The van der Waals surface area contributed by atoms with Gasteiger partial charge < -0.3 is 19.8 Å². The summed E-state index contributed by atoms with van der Waals surface area (Å²) < 4.78 is 14.4. The molecule has 1 unspecified atom stereocenters. The third-order valence-corrected chi connectivity index (χ3v) is 4.23. The van der Waals surface area contributed by atoms with Gasteiger partial charge in [-0.05, 0) is 41.9 Å². The number of nitrogens with zero attached hydrogens (tertiary/aromatic N) is 3. The van der Waals surface area contributed by atoms with Crippen molar-refractivity contribution >= 4 is 39.4 Å². The molecule has 20 heavy (non-hydrogen) atoms. The minimum absolute atomic E-state index is 0.0515. The molecule has 2 aromatic heterocycles. The summed E-state index contributed by atoms with van der Waals surface area (Å²) in [4.78, 5) is 8.34. The van der Waals surface area contributed by atoms with Crippen molar-refractivity contribution < 1.29 is 9.47 Å². The van der Waals surface area contributed by atoms with Crippen LogP contribution in [0.4, 0.5) is 5.82 Å². The SMILES string of the molecule is Nc1ncnc2c1c(I)cn2CCOC1CCCCO1. The first-order valence-corrected chi connectivity index (χ1v) is 7.81. The number of nitrogen functional groups attached to an aromatic ring is 1. The summed E-state index contributed by atoms with van der Waals surface area (Å²) >= 11 is 2.25. The highest BCUT2D eigenvalue weighted by atomic mass is 127. The third-order valence-electron chi connectivity index (χ3n) is 3.41. The zero-order chi connectivity index (χ0) is 13.9. The van der Waals surface area contributed by atoms with Gasteiger partial charge in [0.1, 0.15) is 17.8 Å². The molecule has 3 heterocycles. The lowest BCUT2D eigenvalue weighted by Crippen LogP contribution is -2.23. The van der Waals surface area contributed by atoms with Crippen molar-refractivity contribution in [1.29, 1.82) is 0 Å². The number of aromatic nitrogens is 3. The van der Waals surface area contributed by atoms with Gasteiger partial charge in [0.2, 0.25) is 0 Å². The highest BCUT2D eigenvalue weighted by Crippen LogP contribution is 2.25. The monoisotopic (exact) mass is 388 g/mol. The van der Waals surface area contributed by atoms with Crippen molar-refractivity contribution in [3.8, 4) is 0 Å². The first-order chi connectivity index (χ1) is 9.75. The van der Waals surface area contributed by atoms with E-state index in [0.29, 0.717) is 12.4 Å². The van der Waals surface area contributed by atoms with Crippen LogP contribution in [0.5, 0.6) is 0 Å². The molecule has 0 spiro atoms. The third kappa shape index (κ3) is 2.89. The smallest absolute Gasteiger partial charge is 0.157 e. The van der Waals surface area contributed by atoms with Gasteiger partial charge in [-0.3, -0.25) is 0 Å². The lowest BCUT2D eigenvalue weighted by molar-refractivity contribution is -0.163. The van der Waals surface area contributed by atoms with Gasteiger partial charge in [-0.2, -0.15) is 0 Å². The highest BCUT2D eigenvalue weighted by molar-refractivity contribution is 14.1. The van der Waals surface area contributed by atoms with Crippen molar-refractivity contribution in [3.05, 3.63) is 16.1 Å². The molecule has 0 radical (unpaired) electrons. The maximum absolute atomic E-state index is 5.90. The Hall–Kier alpha value is -0.930. The largest absolute Gasteiger partial charge is 0.383 e. The molecule has 2 aromatic rings. The van der Waals surface area contributed by atoms with E-state index in [1.165, 1.54) is 12.7 Å². The minimum Gasteiger partial charge on any atom is -0.383 e. The van der Waals surface area contributed by atoms with Crippen molar-refractivity contribution in [2.45, 2.75) is 32.1 Å². The number of halogens is 1. The van der Waals surface area contributed by atoms with Crippen LogP contribution in [0.3, 0.4) is 0 Å². The summed E-state index contributed by atoms with van der Waals surface area (Å²) in [5.74, 6) is 0.523. The molecule has 1 aliphatic rings. The number of ether oxygens (including phenoxy) is 2. The molecule has 1 saturated heterocycles. The average Bonchev–Trinajstić information content (AvgIpc) is 2.78. The Labute approximate surface area is 130 Å². The molecular weight excluding hydrogens is 371 g/mol. The Balaban J connectivity index is 1.67. The van der Waals surface area contributed by atoms with Crippen LogP contribution in [-0.4, -0.2) is 34.0 Å². The first-order valence-electron chi connectivity index (χ1n) is 6.73. The standard InChI is InChI=1S/C13H17IN4O2/c14-9-7-18(13-11(9)12(15)16-8-17-13)4-6-20-10-3-1-2-5-19-10/h7-8,10H,1-6H2,(H2,15,16,17). The summed E-state index contributed by atoms with van der Waals surface area (Å²) in [6.45, 7) is 2.14. The molecule has 0 aliphatic carbocycles. The molecule has 7 heteroatoms. The van der Waals surface area contributed by atoms with E-state index in [9.17, 15) is 0 Å². The molecule has 108 valence electrons. The van der Waals surface area contributed by atoms with Crippen LogP contribution in [0, 0.1) is 3.57 Å². The van der Waals surface area contributed by atoms with Crippen LogP contribution in [0.1, 0.15) is 19.3 Å². The number of hydrogen-bond donors (Lipinski definition) is 1. The number of rotatable bonds is 4. The Kier molecular flexibility index (Phi) is 4.37. The van der Waals surface area contributed by atoms with Gasteiger partial charge in [-0.1, -0.05) is 0 Å². The van der Waals surface area contributed by atoms with Crippen LogP contribution >= 0.6 is 22.6 Å². The van der Waals surface area contributed by atoms with Crippen LogP contribution in [-0.2, 0) is 16.0 Å². The quantitative estimate of drug-likeness (QED) is 0.813. The van der Waals surface area contributed by atoms with Gasteiger partial charge in [0, 0.05) is 22.9 Å². The van der Waals surface area contributed by atoms with Gasteiger partial charge in [0.15, 0.2) is 6.29 Å². The van der Waals surface area contributed by atoms with E-state index in [-0.39, 0.29) is 6.29 Å². The van der Waals surface area contributed by atoms with Gasteiger partial charge in [-0.15, -0.1) is 0 Å². The Morgan fingerprint density at radius 2 is 2.35 bits per heavy atom. The molecule has 6 nitrogen and oxygen atoms in total. The fourth-order valence-corrected chi connectivity index (χ4v) is 3.25. The zero-order valence-electron chi connectivity index (χ0n) is 11.1. The van der Waals surface area contributed by atoms with E-state index in [4.69, 9.17) is 15.2 Å².